The molecule has 6 nitrogen and oxygen atoms in total. The minimum Gasteiger partial charge on any atom is -0.741 e. The molecular weight excluding hydrogens is 512 g/mol. The van der Waals surface area contributed by atoms with Crippen molar-refractivity contribution in [2.75, 3.05) is 11.9 Å². The molecule has 0 atom stereocenters. The van der Waals surface area contributed by atoms with Gasteiger partial charge in [-0.15, -0.1) is 0 Å². The first kappa shape index (κ1) is 27.9. The van der Waals surface area contributed by atoms with Crippen molar-refractivity contribution in [2.24, 2.45) is 0 Å². The van der Waals surface area contributed by atoms with E-state index in [9.17, 15) is 26.1 Å². The van der Waals surface area contributed by atoms with Crippen molar-refractivity contribution in [2.45, 2.75) is 11.9 Å². The second kappa shape index (κ2) is 11.4. The predicted molar refractivity (Wildman–Crippen MR) is 127 cm³/mol. The van der Waals surface area contributed by atoms with Gasteiger partial charge in [0.25, 0.3) is 10.1 Å². The Bertz CT molecular complexity index is 1160. The van der Waals surface area contributed by atoms with Gasteiger partial charge >= 0.3 is 5.51 Å². The molecule has 3 rings (SSSR count). The molecule has 0 saturated heterocycles. The van der Waals surface area contributed by atoms with Crippen LogP contribution in [0, 0.1) is 0 Å². The van der Waals surface area contributed by atoms with Crippen LogP contribution in [0.3, 0.4) is 0 Å². The van der Waals surface area contributed by atoms with Crippen LogP contribution >= 0.6 is 7.26 Å². The fourth-order valence-corrected chi connectivity index (χ4v) is 8.43. The van der Waals surface area contributed by atoms with Gasteiger partial charge in [-0.25, -0.2) is 8.42 Å². The molecule has 34 heavy (non-hydrogen) atoms. The van der Waals surface area contributed by atoms with Gasteiger partial charge in [0.15, 0.2) is 10.1 Å². The van der Waals surface area contributed by atoms with Crippen LogP contribution in [0.1, 0.15) is 6.42 Å². The van der Waals surface area contributed by atoms with Crippen LogP contribution in [0.4, 0.5) is 13.2 Å². The first-order valence-electron chi connectivity index (χ1n) is 9.79. The van der Waals surface area contributed by atoms with E-state index in [-0.39, 0.29) is 5.75 Å². The summed E-state index contributed by atoms with van der Waals surface area (Å²) in [7, 11) is -12.1. The number of benzene rings is 3. The molecule has 0 unspecified atom stereocenters. The summed E-state index contributed by atoms with van der Waals surface area (Å²) in [6, 6.07) is 30.9. The zero-order chi connectivity index (χ0) is 25.5. The van der Waals surface area contributed by atoms with E-state index < -0.39 is 33.0 Å². The van der Waals surface area contributed by atoms with E-state index in [4.69, 9.17) is 13.0 Å². The minimum atomic E-state index is -6.09. The Morgan fingerprint density at radius 3 is 1.24 bits per heavy atom. The molecule has 0 aliphatic heterocycles. The number of hydrogen-bond donors (Lipinski definition) is 1. The minimum absolute atomic E-state index is 0.221. The third-order valence-electron chi connectivity index (χ3n) is 4.77. The maximum atomic E-state index is 11.3. The Hall–Kier alpha value is -2.30. The van der Waals surface area contributed by atoms with E-state index >= 15 is 0 Å². The molecule has 3 aromatic rings. The van der Waals surface area contributed by atoms with E-state index in [2.05, 4.69) is 36.4 Å². The summed E-state index contributed by atoms with van der Waals surface area (Å²) in [6.45, 7) is 0. The van der Waals surface area contributed by atoms with Gasteiger partial charge in [-0.05, 0) is 42.8 Å². The molecule has 3 aromatic carbocycles. The normalized spacial score (nSPS) is 12.5. The fourth-order valence-electron chi connectivity index (χ4n) is 3.37. The Morgan fingerprint density at radius 1 is 0.706 bits per heavy atom. The number of hydrogen-bond acceptors (Lipinski definition) is 5. The summed E-state index contributed by atoms with van der Waals surface area (Å²) in [4.78, 5) is 0. The lowest BCUT2D eigenvalue weighted by molar-refractivity contribution is -0.0517. The van der Waals surface area contributed by atoms with Crippen molar-refractivity contribution in [1.82, 2.24) is 0 Å². The van der Waals surface area contributed by atoms with E-state index in [0.29, 0.717) is 12.6 Å². The van der Waals surface area contributed by atoms with Gasteiger partial charge in [-0.1, -0.05) is 54.6 Å². The summed E-state index contributed by atoms with van der Waals surface area (Å²) in [5.41, 5.74) is -5.65. The van der Waals surface area contributed by atoms with Crippen LogP contribution in [0.15, 0.2) is 91.0 Å². The lowest BCUT2D eigenvalue weighted by Gasteiger charge is -2.27. The molecule has 0 aliphatic rings. The molecule has 0 saturated carbocycles. The smallest absolute Gasteiger partial charge is 0.485 e. The van der Waals surface area contributed by atoms with Gasteiger partial charge in [0.1, 0.15) is 23.2 Å². The molecule has 0 heterocycles. The summed E-state index contributed by atoms with van der Waals surface area (Å²) in [5, 5.41) is 3.65. The van der Waals surface area contributed by atoms with Crippen molar-refractivity contribution < 1.29 is 39.1 Å². The number of halogens is 3. The Kier molecular flexibility index (Phi) is 9.38. The van der Waals surface area contributed by atoms with Crippen LogP contribution in [0.25, 0.3) is 0 Å². The van der Waals surface area contributed by atoms with Gasteiger partial charge in [0.2, 0.25) is 0 Å². The molecule has 0 spiro atoms. The molecule has 0 amide bonds. The largest absolute Gasteiger partial charge is 0.741 e. The Morgan fingerprint density at radius 2 is 1.00 bits per heavy atom. The molecule has 0 bridgehead atoms. The quantitative estimate of drug-likeness (QED) is 0.283. The third kappa shape index (κ3) is 7.61. The highest BCUT2D eigenvalue weighted by atomic mass is 32.2. The second-order valence-electron chi connectivity index (χ2n) is 7.08. The van der Waals surface area contributed by atoms with Crippen molar-refractivity contribution in [3.05, 3.63) is 91.0 Å². The molecule has 184 valence electrons. The van der Waals surface area contributed by atoms with Gasteiger partial charge in [-0.3, -0.25) is 4.55 Å². The average molecular weight is 535 g/mol. The van der Waals surface area contributed by atoms with Gasteiger partial charge in [0.05, 0.1) is 11.9 Å². The second-order valence-corrected chi connectivity index (χ2v) is 13.6. The Labute approximate surface area is 197 Å². The van der Waals surface area contributed by atoms with E-state index in [0.717, 1.165) is 0 Å². The molecular formula is C22H22F3O6PS2. The first-order chi connectivity index (χ1) is 15.8. The molecule has 1 N–H and O–H groups in total. The van der Waals surface area contributed by atoms with Crippen LogP contribution < -0.4 is 15.9 Å². The van der Waals surface area contributed by atoms with Crippen molar-refractivity contribution >= 4 is 43.4 Å². The fraction of sp³-hybridized carbons (Fsp3) is 0.182. The summed E-state index contributed by atoms with van der Waals surface area (Å²) in [6.07, 6.45) is 1.09. The molecule has 0 fully saturated rings. The van der Waals surface area contributed by atoms with Gasteiger partial charge in [0, 0.05) is 0 Å². The topological polar surface area (TPSA) is 112 Å². The third-order valence-corrected chi connectivity index (χ3v) is 10.7. The lowest BCUT2D eigenvalue weighted by atomic mass is 10.4. The van der Waals surface area contributed by atoms with Gasteiger partial charge in [-0.2, -0.15) is 21.6 Å². The van der Waals surface area contributed by atoms with E-state index in [1.54, 1.807) is 0 Å². The summed E-state index contributed by atoms with van der Waals surface area (Å²) < 4.78 is 90.7. The van der Waals surface area contributed by atoms with E-state index in [1.807, 2.05) is 54.6 Å². The number of rotatable bonds is 7. The first-order valence-corrected chi connectivity index (χ1v) is 14.8. The molecule has 12 heteroatoms. The molecule has 0 aromatic heterocycles. The molecule has 0 aliphatic carbocycles. The van der Waals surface area contributed by atoms with Crippen LogP contribution in [-0.4, -0.2) is 43.4 Å². The highest BCUT2D eigenvalue weighted by Crippen LogP contribution is 2.55. The predicted octanol–water partition coefficient (Wildman–Crippen LogP) is 3.31. The Balaban J connectivity index is 0.000000440. The monoisotopic (exact) mass is 534 g/mol. The van der Waals surface area contributed by atoms with Crippen LogP contribution in [-0.2, 0) is 20.2 Å². The average Bonchev–Trinajstić information content (AvgIpc) is 2.77. The van der Waals surface area contributed by atoms with Crippen molar-refractivity contribution in [1.29, 1.82) is 0 Å². The summed E-state index contributed by atoms with van der Waals surface area (Å²) >= 11 is 0. The van der Waals surface area contributed by atoms with E-state index in [1.165, 1.54) is 15.9 Å². The van der Waals surface area contributed by atoms with Crippen LogP contribution in [0.2, 0.25) is 0 Å². The maximum absolute atomic E-state index is 11.3. The molecule has 0 radical (unpaired) electrons. The van der Waals surface area contributed by atoms with Crippen LogP contribution in [0.5, 0.6) is 0 Å². The maximum Gasteiger partial charge on any atom is 0.485 e. The van der Waals surface area contributed by atoms with Crippen molar-refractivity contribution in [3.8, 4) is 0 Å². The lowest BCUT2D eigenvalue weighted by Crippen LogP contribution is -2.33. The zero-order valence-corrected chi connectivity index (χ0v) is 20.2. The van der Waals surface area contributed by atoms with Gasteiger partial charge < -0.3 is 4.55 Å². The highest BCUT2D eigenvalue weighted by Gasteiger charge is 2.44. The highest BCUT2D eigenvalue weighted by molar-refractivity contribution is 7.95. The summed E-state index contributed by atoms with van der Waals surface area (Å²) in [5.74, 6) is -0.221. The standard InChI is InChI=1S/C21H21O3PS.CHF3O3S/c22-26(23,24)18-10-17-25(19-11-4-1-5-12-19,20-13-6-2-7-14-20)21-15-8-3-9-16-21;2-1(3,4)8(5,6)7/h1-9,11-16H,10,17-18H2;(H,5,6,7). The zero-order valence-electron chi connectivity index (χ0n) is 17.7. The number of alkyl halides is 3. The van der Waals surface area contributed by atoms with Crippen molar-refractivity contribution in [3.63, 3.8) is 0 Å². The SMILES string of the molecule is O=S(=O)(O)CCC[P+](c1ccccc1)(c1ccccc1)c1ccccc1.O=S(=O)([O-])C(F)(F)F.